The van der Waals surface area contributed by atoms with E-state index in [0.29, 0.717) is 23.6 Å². The van der Waals surface area contributed by atoms with Crippen molar-refractivity contribution >= 4 is 16.9 Å². The summed E-state index contributed by atoms with van der Waals surface area (Å²) in [6, 6.07) is 6.93. The van der Waals surface area contributed by atoms with E-state index in [-0.39, 0.29) is 23.0 Å². The summed E-state index contributed by atoms with van der Waals surface area (Å²) in [4.78, 5) is 44.1. The molecule has 31 heavy (non-hydrogen) atoms. The molecule has 1 amide bonds. The molecule has 3 aromatic rings. The van der Waals surface area contributed by atoms with Crippen LogP contribution in [-0.4, -0.2) is 45.7 Å². The van der Waals surface area contributed by atoms with Gasteiger partial charge in [0.15, 0.2) is 0 Å². The Morgan fingerprint density at radius 3 is 2.58 bits per heavy atom. The molecule has 9 heteroatoms. The van der Waals surface area contributed by atoms with Crippen LogP contribution < -0.4 is 20.7 Å². The van der Waals surface area contributed by atoms with Gasteiger partial charge in [-0.15, -0.1) is 0 Å². The maximum Gasteiger partial charge on any atom is 0.332 e. The lowest BCUT2D eigenvalue weighted by Crippen LogP contribution is -2.37. The number of carbonyl (C=O) groups is 1. The van der Waals surface area contributed by atoms with Crippen LogP contribution in [0.2, 0.25) is 0 Å². The highest BCUT2D eigenvalue weighted by molar-refractivity contribution is 5.97. The highest BCUT2D eigenvalue weighted by atomic mass is 16.5. The molecule has 2 aromatic heterocycles. The second-order valence-electron chi connectivity index (χ2n) is 7.57. The largest absolute Gasteiger partial charge is 0.497 e. The number of methoxy groups -OCH3 is 2. The molecule has 1 aliphatic heterocycles. The van der Waals surface area contributed by atoms with Gasteiger partial charge in [0.05, 0.1) is 31.2 Å². The normalized spacial score (nSPS) is 16.0. The zero-order chi connectivity index (χ0) is 22.3. The van der Waals surface area contributed by atoms with Crippen LogP contribution in [0.5, 0.6) is 11.5 Å². The van der Waals surface area contributed by atoms with Crippen molar-refractivity contribution in [2.45, 2.75) is 18.9 Å². The first-order chi connectivity index (χ1) is 14.9. The van der Waals surface area contributed by atoms with Crippen LogP contribution in [0.1, 0.15) is 34.8 Å². The van der Waals surface area contributed by atoms with Crippen molar-refractivity contribution in [3.63, 3.8) is 0 Å². The second-order valence-corrected chi connectivity index (χ2v) is 7.57. The van der Waals surface area contributed by atoms with Crippen molar-refractivity contribution < 1.29 is 14.3 Å². The van der Waals surface area contributed by atoms with Gasteiger partial charge in [-0.25, -0.2) is 9.78 Å². The maximum atomic E-state index is 13.4. The molecule has 9 nitrogen and oxygen atoms in total. The van der Waals surface area contributed by atoms with Gasteiger partial charge in [0.25, 0.3) is 11.5 Å². The predicted molar refractivity (Wildman–Crippen MR) is 115 cm³/mol. The minimum absolute atomic E-state index is 0.160. The number of amides is 1. The Morgan fingerprint density at radius 1 is 1.10 bits per heavy atom. The van der Waals surface area contributed by atoms with Crippen LogP contribution in [-0.2, 0) is 14.1 Å². The van der Waals surface area contributed by atoms with Gasteiger partial charge in [-0.3, -0.25) is 18.7 Å². The summed E-state index contributed by atoms with van der Waals surface area (Å²) < 4.78 is 13.1. The van der Waals surface area contributed by atoms with Crippen molar-refractivity contribution in [1.29, 1.82) is 0 Å². The smallest absolute Gasteiger partial charge is 0.332 e. The highest BCUT2D eigenvalue weighted by Gasteiger charge is 2.33. The third kappa shape index (κ3) is 3.35. The van der Waals surface area contributed by atoms with Gasteiger partial charge >= 0.3 is 5.69 Å². The lowest BCUT2D eigenvalue weighted by Gasteiger charge is -2.26. The summed E-state index contributed by atoms with van der Waals surface area (Å²) in [6.07, 6.45) is 3.07. The van der Waals surface area contributed by atoms with E-state index in [1.165, 1.54) is 23.9 Å². The number of fused-ring (bicyclic) bond motifs is 1. The first-order valence-corrected chi connectivity index (χ1v) is 9.96. The Balaban J connectivity index is 1.75. The van der Waals surface area contributed by atoms with Crippen LogP contribution in [0.15, 0.2) is 40.1 Å². The summed E-state index contributed by atoms with van der Waals surface area (Å²) >= 11 is 0. The van der Waals surface area contributed by atoms with Crippen molar-refractivity contribution in [3.05, 3.63) is 62.4 Å². The summed E-state index contributed by atoms with van der Waals surface area (Å²) in [5, 5.41) is 0.230. The van der Waals surface area contributed by atoms with Gasteiger partial charge < -0.3 is 14.4 Å². The van der Waals surface area contributed by atoms with Crippen molar-refractivity contribution in [2.24, 2.45) is 14.1 Å². The molecule has 1 aromatic carbocycles. The summed E-state index contributed by atoms with van der Waals surface area (Å²) in [5.74, 6) is 1.12. The van der Waals surface area contributed by atoms with E-state index in [9.17, 15) is 14.4 Å². The lowest BCUT2D eigenvalue weighted by molar-refractivity contribution is 0.0734. The molecule has 0 radical (unpaired) electrons. The van der Waals surface area contributed by atoms with Gasteiger partial charge in [-0.05, 0) is 31.0 Å². The van der Waals surface area contributed by atoms with Crippen LogP contribution in [0.4, 0.5) is 0 Å². The van der Waals surface area contributed by atoms with E-state index >= 15 is 0 Å². The number of benzene rings is 1. The number of ether oxygens (including phenoxy) is 2. The Morgan fingerprint density at radius 2 is 1.87 bits per heavy atom. The van der Waals surface area contributed by atoms with Crippen LogP contribution >= 0.6 is 0 Å². The monoisotopic (exact) mass is 424 g/mol. The van der Waals surface area contributed by atoms with Gasteiger partial charge in [-0.1, -0.05) is 0 Å². The standard InChI is InChI=1S/C22H24N4O5/c1-24-19-16(21(28)25(2)22(24)29)10-13(12-23-19)20(27)26-9-5-6-17(26)15-8-7-14(30-3)11-18(15)31-4/h7-8,10-12,17H,5-6,9H2,1-4H3. The van der Waals surface area contributed by atoms with E-state index in [4.69, 9.17) is 9.47 Å². The molecule has 4 rings (SSSR count). The Kier molecular flexibility index (Phi) is 5.26. The van der Waals surface area contributed by atoms with Crippen LogP contribution in [0, 0.1) is 0 Å². The molecule has 1 atom stereocenters. The molecule has 0 saturated carbocycles. The molecule has 0 N–H and O–H groups in total. The Labute approximate surface area is 178 Å². The number of likely N-dealkylation sites (tertiary alicyclic amines) is 1. The van der Waals surface area contributed by atoms with E-state index in [1.807, 2.05) is 12.1 Å². The fourth-order valence-corrected chi connectivity index (χ4v) is 4.17. The van der Waals surface area contributed by atoms with Crippen molar-refractivity contribution in [3.8, 4) is 11.5 Å². The molecule has 1 fully saturated rings. The quantitative estimate of drug-likeness (QED) is 0.632. The van der Waals surface area contributed by atoms with Crippen molar-refractivity contribution in [2.75, 3.05) is 20.8 Å². The number of carbonyl (C=O) groups excluding carboxylic acids is 1. The van der Waals surface area contributed by atoms with Crippen LogP contribution in [0.25, 0.3) is 11.0 Å². The molecule has 1 unspecified atom stereocenters. The van der Waals surface area contributed by atoms with Gasteiger partial charge in [0.1, 0.15) is 17.1 Å². The topological polar surface area (TPSA) is 95.7 Å². The van der Waals surface area contributed by atoms with Crippen molar-refractivity contribution in [1.82, 2.24) is 19.0 Å². The molecule has 1 saturated heterocycles. The number of aromatic nitrogens is 3. The highest BCUT2D eigenvalue weighted by Crippen LogP contribution is 2.39. The van der Waals surface area contributed by atoms with E-state index < -0.39 is 11.2 Å². The number of pyridine rings is 1. The first-order valence-electron chi connectivity index (χ1n) is 9.96. The Hall–Kier alpha value is -3.62. The van der Waals surface area contributed by atoms with Gasteiger partial charge in [-0.2, -0.15) is 0 Å². The van der Waals surface area contributed by atoms with E-state index in [0.717, 1.165) is 23.0 Å². The molecule has 3 heterocycles. The number of rotatable bonds is 4. The zero-order valence-corrected chi connectivity index (χ0v) is 17.9. The van der Waals surface area contributed by atoms with E-state index in [1.54, 1.807) is 32.2 Å². The summed E-state index contributed by atoms with van der Waals surface area (Å²) in [5.41, 5.74) is 0.522. The fourth-order valence-electron chi connectivity index (χ4n) is 4.17. The molecular weight excluding hydrogens is 400 g/mol. The minimum atomic E-state index is -0.477. The first kappa shape index (κ1) is 20.6. The summed E-state index contributed by atoms with van der Waals surface area (Å²) in [6.45, 7) is 0.585. The average molecular weight is 424 g/mol. The predicted octanol–water partition coefficient (Wildman–Crippen LogP) is 1.63. The fraction of sp³-hybridized carbons (Fsp3) is 0.364. The lowest BCUT2D eigenvalue weighted by atomic mass is 10.0. The molecule has 0 bridgehead atoms. The van der Waals surface area contributed by atoms with Gasteiger partial charge in [0.2, 0.25) is 0 Å². The van der Waals surface area contributed by atoms with Gasteiger partial charge in [0, 0.05) is 38.5 Å². The molecule has 162 valence electrons. The summed E-state index contributed by atoms with van der Waals surface area (Å²) in [7, 11) is 6.13. The number of aryl methyl sites for hydroxylation is 1. The minimum Gasteiger partial charge on any atom is -0.497 e. The average Bonchev–Trinajstić information content (AvgIpc) is 3.29. The SMILES string of the molecule is COc1ccc(C2CCCN2C(=O)c2cnc3c(c2)c(=O)n(C)c(=O)n3C)c(OC)c1. The number of hydrogen-bond donors (Lipinski definition) is 0. The molecular formula is C22H24N4O5. The number of nitrogens with zero attached hydrogens (tertiary/aromatic N) is 4. The molecule has 1 aliphatic rings. The maximum absolute atomic E-state index is 13.4. The second kappa shape index (κ2) is 7.90. The Bertz CT molecular complexity index is 1290. The third-order valence-corrected chi connectivity index (χ3v) is 5.85. The molecule has 0 aliphatic carbocycles. The van der Waals surface area contributed by atoms with Crippen LogP contribution in [0.3, 0.4) is 0 Å². The van der Waals surface area contributed by atoms with E-state index in [2.05, 4.69) is 4.98 Å². The number of hydrogen-bond acceptors (Lipinski definition) is 6. The zero-order valence-electron chi connectivity index (χ0n) is 17.9. The molecule has 0 spiro atoms. The third-order valence-electron chi connectivity index (χ3n) is 5.85.